The number of benzene rings is 1. The fourth-order valence-electron chi connectivity index (χ4n) is 2.07. The molecule has 1 aromatic carbocycles. The molecule has 0 aliphatic heterocycles. The molecule has 0 aliphatic rings. The van der Waals surface area contributed by atoms with Gasteiger partial charge in [-0.05, 0) is 43.8 Å². The smallest absolute Gasteiger partial charge is 0.255 e. The molecule has 4 nitrogen and oxygen atoms in total. The molecule has 0 bridgehead atoms. The third-order valence-electron chi connectivity index (χ3n) is 3.11. The van der Waals surface area contributed by atoms with Gasteiger partial charge in [0, 0.05) is 28.3 Å². The monoisotopic (exact) mass is 324 g/mol. The predicted molar refractivity (Wildman–Crippen MR) is 87.0 cm³/mol. The average Bonchev–Trinajstić information content (AvgIpc) is 2.42. The van der Waals surface area contributed by atoms with Crippen molar-refractivity contribution >= 4 is 23.8 Å². The van der Waals surface area contributed by atoms with Crippen LogP contribution in [0.15, 0.2) is 23.0 Å². The van der Waals surface area contributed by atoms with Crippen LogP contribution in [-0.4, -0.2) is 16.6 Å². The SMILES string of the molecule is CCCOc1ccc(Cl)cc1Cc1c(C)[nH]c(=S)[nH]c1=O. The van der Waals surface area contributed by atoms with Gasteiger partial charge >= 0.3 is 0 Å². The lowest BCUT2D eigenvalue weighted by molar-refractivity contribution is 0.314. The van der Waals surface area contributed by atoms with E-state index in [1.54, 1.807) is 6.07 Å². The summed E-state index contributed by atoms with van der Waals surface area (Å²) in [7, 11) is 0. The minimum Gasteiger partial charge on any atom is -0.493 e. The van der Waals surface area contributed by atoms with Crippen molar-refractivity contribution in [3.8, 4) is 5.75 Å². The Morgan fingerprint density at radius 1 is 1.33 bits per heavy atom. The molecule has 1 heterocycles. The number of rotatable bonds is 5. The van der Waals surface area contributed by atoms with Crippen molar-refractivity contribution in [2.75, 3.05) is 6.61 Å². The Hall–Kier alpha value is -1.59. The summed E-state index contributed by atoms with van der Waals surface area (Å²) in [5.74, 6) is 0.752. The molecule has 1 aromatic heterocycles. The second-order valence-electron chi connectivity index (χ2n) is 4.79. The number of aromatic amines is 2. The Kier molecular flexibility index (Phi) is 5.20. The zero-order valence-electron chi connectivity index (χ0n) is 12.0. The van der Waals surface area contributed by atoms with Gasteiger partial charge in [-0.15, -0.1) is 0 Å². The summed E-state index contributed by atoms with van der Waals surface area (Å²) in [6, 6.07) is 5.45. The van der Waals surface area contributed by atoms with Crippen LogP contribution in [-0.2, 0) is 6.42 Å². The molecule has 0 amide bonds. The standard InChI is InChI=1S/C15H17ClN2O2S/c1-3-6-20-13-5-4-11(16)7-10(13)8-12-9(2)17-15(21)18-14(12)19/h4-5,7H,3,6,8H2,1-2H3,(H2,17,18,19,21). The topological polar surface area (TPSA) is 57.9 Å². The van der Waals surface area contributed by atoms with Crippen molar-refractivity contribution < 1.29 is 4.74 Å². The van der Waals surface area contributed by atoms with Crippen LogP contribution < -0.4 is 10.3 Å². The van der Waals surface area contributed by atoms with Crippen LogP contribution in [0.25, 0.3) is 0 Å². The van der Waals surface area contributed by atoms with E-state index in [1.165, 1.54) is 0 Å². The maximum Gasteiger partial charge on any atom is 0.255 e. The van der Waals surface area contributed by atoms with E-state index in [4.69, 9.17) is 28.6 Å². The lowest BCUT2D eigenvalue weighted by Crippen LogP contribution is -2.17. The third-order valence-corrected chi connectivity index (χ3v) is 3.55. The van der Waals surface area contributed by atoms with E-state index in [-0.39, 0.29) is 5.56 Å². The van der Waals surface area contributed by atoms with E-state index in [2.05, 4.69) is 9.97 Å². The molecule has 2 N–H and O–H groups in total. The zero-order valence-corrected chi connectivity index (χ0v) is 13.5. The first kappa shape index (κ1) is 15.8. The van der Waals surface area contributed by atoms with Gasteiger partial charge in [0.15, 0.2) is 4.77 Å². The van der Waals surface area contributed by atoms with Gasteiger partial charge in [0.05, 0.1) is 6.61 Å². The highest BCUT2D eigenvalue weighted by Gasteiger charge is 2.11. The maximum absolute atomic E-state index is 12.1. The Bertz CT molecular complexity index is 752. The predicted octanol–water partition coefficient (Wildman–Crippen LogP) is 3.77. The molecule has 0 aliphatic carbocycles. The highest BCUT2D eigenvalue weighted by Crippen LogP contribution is 2.25. The van der Waals surface area contributed by atoms with Crippen molar-refractivity contribution in [2.24, 2.45) is 0 Å². The van der Waals surface area contributed by atoms with Gasteiger partial charge in [-0.2, -0.15) is 0 Å². The quantitative estimate of drug-likeness (QED) is 0.823. The molecule has 112 valence electrons. The molecule has 0 saturated carbocycles. The number of nitrogens with one attached hydrogen (secondary N) is 2. The molecular formula is C15H17ClN2O2S. The van der Waals surface area contributed by atoms with Crippen LogP contribution in [0.1, 0.15) is 30.2 Å². The van der Waals surface area contributed by atoms with Crippen molar-refractivity contribution in [2.45, 2.75) is 26.7 Å². The summed E-state index contributed by atoms with van der Waals surface area (Å²) < 4.78 is 6.04. The second kappa shape index (κ2) is 6.91. The van der Waals surface area contributed by atoms with Crippen LogP contribution in [0.4, 0.5) is 0 Å². The summed E-state index contributed by atoms with van der Waals surface area (Å²) in [5, 5.41) is 0.617. The van der Waals surface area contributed by atoms with Crippen molar-refractivity contribution in [3.05, 3.63) is 55.2 Å². The lowest BCUT2D eigenvalue weighted by Gasteiger charge is -2.12. The normalized spacial score (nSPS) is 10.6. The van der Waals surface area contributed by atoms with Crippen molar-refractivity contribution in [3.63, 3.8) is 0 Å². The summed E-state index contributed by atoms with van der Waals surface area (Å²) in [6.07, 6.45) is 1.35. The van der Waals surface area contributed by atoms with Crippen LogP contribution >= 0.6 is 23.8 Å². The molecule has 0 radical (unpaired) electrons. The molecule has 2 aromatic rings. The van der Waals surface area contributed by atoms with Crippen LogP contribution in [0.2, 0.25) is 5.02 Å². The van der Waals surface area contributed by atoms with Gasteiger partial charge < -0.3 is 9.72 Å². The number of hydrogen-bond acceptors (Lipinski definition) is 3. The lowest BCUT2D eigenvalue weighted by atomic mass is 10.0. The van der Waals surface area contributed by atoms with Gasteiger partial charge in [-0.1, -0.05) is 18.5 Å². The molecule has 0 spiro atoms. The van der Waals surface area contributed by atoms with Gasteiger partial charge in [0.25, 0.3) is 5.56 Å². The minimum atomic E-state index is -0.183. The summed E-state index contributed by atoms with van der Waals surface area (Å²) in [5.41, 5.74) is 2.09. The molecule has 2 rings (SSSR count). The highest BCUT2D eigenvalue weighted by atomic mass is 35.5. The highest BCUT2D eigenvalue weighted by molar-refractivity contribution is 7.71. The van der Waals surface area contributed by atoms with Crippen LogP contribution in [0.5, 0.6) is 5.75 Å². The first-order valence-electron chi connectivity index (χ1n) is 6.74. The Labute approximate surface area is 133 Å². The first-order valence-corrected chi connectivity index (χ1v) is 7.53. The molecule has 0 fully saturated rings. The first-order chi connectivity index (χ1) is 10.0. The Balaban J connectivity index is 2.41. The maximum atomic E-state index is 12.1. The van der Waals surface area contributed by atoms with E-state index in [1.807, 2.05) is 26.0 Å². The van der Waals surface area contributed by atoms with Crippen LogP contribution in [0, 0.1) is 11.7 Å². The van der Waals surface area contributed by atoms with Crippen molar-refractivity contribution in [1.82, 2.24) is 9.97 Å². The number of aromatic nitrogens is 2. The van der Waals surface area contributed by atoms with Gasteiger partial charge in [-0.3, -0.25) is 9.78 Å². The zero-order chi connectivity index (χ0) is 15.4. The Morgan fingerprint density at radius 2 is 2.10 bits per heavy atom. The van der Waals surface area contributed by atoms with E-state index < -0.39 is 0 Å². The summed E-state index contributed by atoms with van der Waals surface area (Å²) >= 11 is 11.0. The molecule has 21 heavy (non-hydrogen) atoms. The number of aryl methyl sites for hydroxylation is 1. The fraction of sp³-hybridized carbons (Fsp3) is 0.333. The summed E-state index contributed by atoms with van der Waals surface area (Å²) in [6.45, 7) is 4.50. The molecule has 0 unspecified atom stereocenters. The molecule has 6 heteroatoms. The van der Waals surface area contributed by atoms with Gasteiger partial charge in [0.1, 0.15) is 5.75 Å². The van der Waals surface area contributed by atoms with Crippen molar-refractivity contribution in [1.29, 1.82) is 0 Å². The molecule has 0 saturated heterocycles. The molecular weight excluding hydrogens is 308 g/mol. The van der Waals surface area contributed by atoms with E-state index in [0.717, 1.165) is 23.4 Å². The minimum absolute atomic E-state index is 0.183. The van der Waals surface area contributed by atoms with E-state index >= 15 is 0 Å². The number of ether oxygens (including phenoxy) is 1. The summed E-state index contributed by atoms with van der Waals surface area (Å²) in [4.78, 5) is 17.6. The average molecular weight is 325 g/mol. The van der Waals surface area contributed by atoms with Gasteiger partial charge in [0.2, 0.25) is 0 Å². The fourth-order valence-corrected chi connectivity index (χ4v) is 2.51. The van der Waals surface area contributed by atoms with Crippen LogP contribution in [0.3, 0.4) is 0 Å². The Morgan fingerprint density at radius 3 is 2.76 bits per heavy atom. The third kappa shape index (κ3) is 3.95. The van der Waals surface area contributed by atoms with E-state index in [0.29, 0.717) is 28.4 Å². The number of hydrogen-bond donors (Lipinski definition) is 2. The second-order valence-corrected chi connectivity index (χ2v) is 5.63. The van der Waals surface area contributed by atoms with E-state index in [9.17, 15) is 4.79 Å². The number of halogens is 1. The largest absolute Gasteiger partial charge is 0.493 e. The van der Waals surface area contributed by atoms with Gasteiger partial charge in [-0.25, -0.2) is 0 Å². The number of H-pyrrole nitrogens is 2. The molecule has 0 atom stereocenters.